The van der Waals surface area contributed by atoms with E-state index in [2.05, 4.69) is 0 Å². The van der Waals surface area contributed by atoms with E-state index in [-0.39, 0.29) is 19.1 Å². The topological polar surface area (TPSA) is 72.9 Å². The monoisotopic (exact) mass is 391 g/mol. The second-order valence-electron chi connectivity index (χ2n) is 6.06. The lowest BCUT2D eigenvalue weighted by molar-refractivity contribution is -0.159. The Morgan fingerprint density at radius 1 is 1.19 bits per heavy atom. The third-order valence-electron chi connectivity index (χ3n) is 4.25. The molecule has 27 heavy (non-hydrogen) atoms. The number of amides is 1. The Kier molecular flexibility index (Phi) is 8.39. The predicted molar refractivity (Wildman–Crippen MR) is 104 cm³/mol. The summed E-state index contributed by atoms with van der Waals surface area (Å²) >= 11 is 1.64. The zero-order chi connectivity index (χ0) is 19.6. The average molecular weight is 391 g/mol. The first-order valence-corrected chi connectivity index (χ1v) is 10.2. The first-order chi connectivity index (χ1) is 13.0. The SMILES string of the molecule is CCOC(=O)[C@@H]1CCCCN1C(=O)COC(=O)/C=C/c1ccc(SC)cc1. The summed E-state index contributed by atoms with van der Waals surface area (Å²) in [5, 5.41) is 0. The maximum absolute atomic E-state index is 12.4. The normalized spacial score (nSPS) is 17.0. The maximum atomic E-state index is 12.4. The molecule has 2 rings (SSSR count). The molecule has 146 valence electrons. The van der Waals surface area contributed by atoms with E-state index in [1.54, 1.807) is 24.8 Å². The molecule has 1 saturated heterocycles. The van der Waals surface area contributed by atoms with Crippen molar-refractivity contribution >= 4 is 35.7 Å². The van der Waals surface area contributed by atoms with Crippen molar-refractivity contribution in [2.24, 2.45) is 0 Å². The molecule has 1 aliphatic heterocycles. The van der Waals surface area contributed by atoms with Gasteiger partial charge in [-0.1, -0.05) is 12.1 Å². The number of nitrogens with zero attached hydrogens (tertiary/aromatic N) is 1. The highest BCUT2D eigenvalue weighted by Crippen LogP contribution is 2.19. The van der Waals surface area contributed by atoms with E-state index in [0.717, 1.165) is 23.3 Å². The van der Waals surface area contributed by atoms with Crippen LogP contribution in [0.2, 0.25) is 0 Å². The molecular formula is C20H25NO5S. The molecule has 7 heteroatoms. The number of piperidine rings is 1. The number of likely N-dealkylation sites (tertiary alicyclic amines) is 1. The van der Waals surface area contributed by atoms with Gasteiger partial charge < -0.3 is 14.4 Å². The van der Waals surface area contributed by atoms with E-state index in [1.807, 2.05) is 30.5 Å². The van der Waals surface area contributed by atoms with Crippen LogP contribution in [0.5, 0.6) is 0 Å². The fourth-order valence-electron chi connectivity index (χ4n) is 2.86. The van der Waals surface area contributed by atoms with Crippen molar-refractivity contribution in [2.45, 2.75) is 37.1 Å². The molecule has 1 aromatic rings. The number of carbonyl (C=O) groups excluding carboxylic acids is 3. The van der Waals surface area contributed by atoms with Crippen LogP contribution in [0.3, 0.4) is 0 Å². The van der Waals surface area contributed by atoms with E-state index < -0.39 is 18.0 Å². The first-order valence-electron chi connectivity index (χ1n) is 9.00. The highest BCUT2D eigenvalue weighted by molar-refractivity contribution is 7.98. The molecule has 0 radical (unpaired) electrons. The van der Waals surface area contributed by atoms with Crippen LogP contribution in [0, 0.1) is 0 Å². The van der Waals surface area contributed by atoms with Crippen LogP contribution in [0.15, 0.2) is 35.2 Å². The van der Waals surface area contributed by atoms with Crippen molar-refractivity contribution in [3.05, 3.63) is 35.9 Å². The molecule has 0 unspecified atom stereocenters. The number of benzene rings is 1. The highest BCUT2D eigenvalue weighted by atomic mass is 32.2. The number of ether oxygens (including phenoxy) is 2. The number of carbonyl (C=O) groups is 3. The van der Waals surface area contributed by atoms with Gasteiger partial charge in [-0.15, -0.1) is 11.8 Å². The van der Waals surface area contributed by atoms with Gasteiger partial charge in [0.15, 0.2) is 6.61 Å². The van der Waals surface area contributed by atoms with Crippen molar-refractivity contribution in [1.29, 1.82) is 0 Å². The van der Waals surface area contributed by atoms with Gasteiger partial charge in [-0.3, -0.25) is 4.79 Å². The van der Waals surface area contributed by atoms with Crippen LogP contribution in [-0.2, 0) is 23.9 Å². The van der Waals surface area contributed by atoms with Crippen LogP contribution >= 0.6 is 11.8 Å². The summed E-state index contributed by atoms with van der Waals surface area (Å²) in [5.74, 6) is -1.37. The molecule has 1 fully saturated rings. The van der Waals surface area contributed by atoms with Crippen molar-refractivity contribution < 1.29 is 23.9 Å². The molecule has 1 heterocycles. The van der Waals surface area contributed by atoms with Gasteiger partial charge in [0.05, 0.1) is 6.61 Å². The van der Waals surface area contributed by atoms with Crippen LogP contribution in [0.4, 0.5) is 0 Å². The Bertz CT molecular complexity index is 686. The molecule has 1 amide bonds. The molecular weight excluding hydrogens is 366 g/mol. The summed E-state index contributed by atoms with van der Waals surface area (Å²) in [6.45, 7) is 2.09. The predicted octanol–water partition coefficient (Wildman–Crippen LogP) is 2.91. The van der Waals surface area contributed by atoms with Gasteiger partial charge in [0.25, 0.3) is 5.91 Å². The van der Waals surface area contributed by atoms with Gasteiger partial charge in [0, 0.05) is 17.5 Å². The summed E-state index contributed by atoms with van der Waals surface area (Å²) in [5.41, 5.74) is 0.870. The maximum Gasteiger partial charge on any atom is 0.331 e. The van der Waals surface area contributed by atoms with Gasteiger partial charge >= 0.3 is 11.9 Å². The largest absolute Gasteiger partial charge is 0.464 e. The van der Waals surface area contributed by atoms with Gasteiger partial charge in [0.1, 0.15) is 6.04 Å². The number of rotatable bonds is 7. The Hall–Kier alpha value is -2.28. The van der Waals surface area contributed by atoms with Crippen molar-refractivity contribution in [2.75, 3.05) is 26.0 Å². The second kappa shape index (κ2) is 10.8. The lowest BCUT2D eigenvalue weighted by Crippen LogP contribution is -2.50. The summed E-state index contributed by atoms with van der Waals surface area (Å²) in [6, 6.07) is 7.14. The van der Waals surface area contributed by atoms with Gasteiger partial charge in [0.2, 0.25) is 0 Å². The summed E-state index contributed by atoms with van der Waals surface area (Å²) < 4.78 is 10.1. The van der Waals surface area contributed by atoms with Gasteiger partial charge in [-0.25, -0.2) is 9.59 Å². The highest BCUT2D eigenvalue weighted by Gasteiger charge is 2.33. The molecule has 6 nitrogen and oxygen atoms in total. The van der Waals surface area contributed by atoms with E-state index in [1.165, 1.54) is 11.0 Å². The fourth-order valence-corrected chi connectivity index (χ4v) is 3.26. The quantitative estimate of drug-likeness (QED) is 0.404. The lowest BCUT2D eigenvalue weighted by Gasteiger charge is -2.33. The lowest BCUT2D eigenvalue weighted by atomic mass is 10.0. The smallest absolute Gasteiger partial charge is 0.331 e. The number of hydrogen-bond donors (Lipinski definition) is 0. The number of esters is 2. The van der Waals surface area contributed by atoms with E-state index >= 15 is 0 Å². The van der Waals surface area contributed by atoms with Crippen LogP contribution in [-0.4, -0.2) is 54.8 Å². The molecule has 0 N–H and O–H groups in total. The molecule has 1 aromatic carbocycles. The average Bonchev–Trinajstić information content (AvgIpc) is 2.71. The standard InChI is InChI=1S/C20H25NO5S/c1-3-25-20(24)17-6-4-5-13-21(17)18(22)14-26-19(23)12-9-15-7-10-16(27-2)11-8-15/h7-12,17H,3-6,13-14H2,1-2H3/b12-9+/t17-/m0/s1. The summed E-state index contributed by atoms with van der Waals surface area (Å²) in [4.78, 5) is 38.9. The summed E-state index contributed by atoms with van der Waals surface area (Å²) in [6.07, 6.45) is 7.19. The Morgan fingerprint density at radius 2 is 1.93 bits per heavy atom. The minimum atomic E-state index is -0.595. The van der Waals surface area contributed by atoms with Gasteiger partial charge in [-0.05, 0) is 56.2 Å². The first kappa shape index (κ1) is 21.0. The van der Waals surface area contributed by atoms with E-state index in [9.17, 15) is 14.4 Å². The Labute approximate surface area is 163 Å². The Morgan fingerprint density at radius 3 is 2.59 bits per heavy atom. The van der Waals surface area contributed by atoms with E-state index in [0.29, 0.717) is 13.0 Å². The summed E-state index contributed by atoms with van der Waals surface area (Å²) in [7, 11) is 0. The van der Waals surface area contributed by atoms with Gasteiger partial charge in [-0.2, -0.15) is 0 Å². The molecule has 0 spiro atoms. The second-order valence-corrected chi connectivity index (χ2v) is 6.94. The molecule has 1 aliphatic rings. The molecule has 0 aliphatic carbocycles. The van der Waals surface area contributed by atoms with E-state index in [4.69, 9.17) is 9.47 Å². The molecule has 1 atom stereocenters. The van der Waals surface area contributed by atoms with Crippen LogP contribution in [0.1, 0.15) is 31.7 Å². The number of thioether (sulfide) groups is 1. The molecule has 0 bridgehead atoms. The van der Waals surface area contributed by atoms with Crippen LogP contribution in [0.25, 0.3) is 6.08 Å². The fraction of sp³-hybridized carbons (Fsp3) is 0.450. The van der Waals surface area contributed by atoms with Crippen LogP contribution < -0.4 is 0 Å². The van der Waals surface area contributed by atoms with Crippen molar-refractivity contribution in [3.63, 3.8) is 0 Å². The minimum absolute atomic E-state index is 0.273. The molecule has 0 aromatic heterocycles. The Balaban J connectivity index is 1.86. The molecule has 0 saturated carbocycles. The van der Waals surface area contributed by atoms with Crippen molar-refractivity contribution in [3.8, 4) is 0 Å². The van der Waals surface area contributed by atoms with Crippen molar-refractivity contribution in [1.82, 2.24) is 4.90 Å². The third-order valence-corrected chi connectivity index (χ3v) is 4.99. The zero-order valence-electron chi connectivity index (χ0n) is 15.7. The number of hydrogen-bond acceptors (Lipinski definition) is 6. The minimum Gasteiger partial charge on any atom is -0.464 e. The zero-order valence-corrected chi connectivity index (χ0v) is 16.5. The third kappa shape index (κ3) is 6.43.